The van der Waals surface area contributed by atoms with E-state index in [4.69, 9.17) is 14.8 Å². The number of esters is 1. The molecule has 0 N–H and O–H groups in total. The molecule has 0 aliphatic carbocycles. The Labute approximate surface area is 243 Å². The molecule has 2 fully saturated rings. The highest BCUT2D eigenvalue weighted by molar-refractivity contribution is 5.87. The number of ether oxygens (including phenoxy) is 1. The molecule has 6 rings (SSSR count). The minimum absolute atomic E-state index is 0.0595. The maximum Gasteiger partial charge on any atom is 0.303 e. The second-order valence-corrected chi connectivity index (χ2v) is 11.3. The van der Waals surface area contributed by atoms with Crippen molar-refractivity contribution < 1.29 is 18.7 Å². The Kier molecular flexibility index (Phi) is 7.26. The number of fused-ring (bicyclic) bond motifs is 1. The van der Waals surface area contributed by atoms with Crippen molar-refractivity contribution in [3.05, 3.63) is 72.2 Å². The quantitative estimate of drug-likeness (QED) is 0.317. The van der Waals surface area contributed by atoms with Crippen LogP contribution >= 0.6 is 0 Å². The monoisotopic (exact) mass is 571 g/mol. The summed E-state index contributed by atoms with van der Waals surface area (Å²) in [4.78, 5) is 40.0. The molecule has 0 spiro atoms. The number of benzene rings is 1. The Hall–Kier alpha value is -4.54. The van der Waals surface area contributed by atoms with Gasteiger partial charge in [-0.3, -0.25) is 9.59 Å². The first kappa shape index (κ1) is 27.6. The largest absolute Gasteiger partial charge is 0.450 e. The molecule has 11 heteroatoms. The van der Waals surface area contributed by atoms with Crippen LogP contribution in [0, 0.1) is 5.82 Å². The van der Waals surface area contributed by atoms with Gasteiger partial charge in [0.2, 0.25) is 0 Å². The van der Waals surface area contributed by atoms with Gasteiger partial charge in [0.1, 0.15) is 23.1 Å². The van der Waals surface area contributed by atoms with Crippen LogP contribution in [-0.2, 0) is 14.3 Å². The summed E-state index contributed by atoms with van der Waals surface area (Å²) >= 11 is 0. The lowest BCUT2D eigenvalue weighted by molar-refractivity contribution is -0.168. The van der Waals surface area contributed by atoms with Crippen LogP contribution in [0.1, 0.15) is 45.2 Å². The fourth-order valence-electron chi connectivity index (χ4n) is 5.96. The Morgan fingerprint density at radius 2 is 1.76 bits per heavy atom. The molecule has 1 amide bonds. The second-order valence-electron chi connectivity index (χ2n) is 11.3. The van der Waals surface area contributed by atoms with Gasteiger partial charge in [-0.05, 0) is 68.7 Å². The average Bonchev–Trinajstić information content (AvgIpc) is 3.64. The van der Waals surface area contributed by atoms with Gasteiger partial charge in [0.15, 0.2) is 11.2 Å². The smallest absolute Gasteiger partial charge is 0.303 e. The van der Waals surface area contributed by atoms with Crippen LogP contribution in [0.3, 0.4) is 0 Å². The first-order valence-corrected chi connectivity index (χ1v) is 14.3. The Balaban J connectivity index is 1.21. The first-order valence-electron chi connectivity index (χ1n) is 14.3. The normalized spacial score (nSPS) is 17.6. The zero-order valence-electron chi connectivity index (χ0n) is 24.0. The minimum atomic E-state index is -1.20. The van der Waals surface area contributed by atoms with Crippen LogP contribution in [0.5, 0.6) is 0 Å². The van der Waals surface area contributed by atoms with Crippen LogP contribution in [-0.4, -0.2) is 74.7 Å². The van der Waals surface area contributed by atoms with Crippen LogP contribution < -0.4 is 9.80 Å². The van der Waals surface area contributed by atoms with E-state index < -0.39 is 11.6 Å². The van der Waals surface area contributed by atoms with Gasteiger partial charge in [-0.15, -0.1) is 5.10 Å². The molecule has 0 saturated carbocycles. The minimum Gasteiger partial charge on any atom is -0.450 e. The summed E-state index contributed by atoms with van der Waals surface area (Å²) in [5, 5.41) is 4.96. The van der Waals surface area contributed by atoms with E-state index in [1.807, 2.05) is 40.9 Å². The number of carbonyl (C=O) groups excluding carboxylic acids is 2. The molecule has 3 aromatic heterocycles. The molecule has 2 aliphatic heterocycles. The van der Waals surface area contributed by atoms with Gasteiger partial charge in [0, 0.05) is 39.6 Å². The third-order valence-corrected chi connectivity index (χ3v) is 7.93. The van der Waals surface area contributed by atoms with E-state index in [0.717, 1.165) is 48.0 Å². The number of hydrogen-bond donors (Lipinski definition) is 0. The van der Waals surface area contributed by atoms with E-state index in [1.165, 1.54) is 13.0 Å². The van der Waals surface area contributed by atoms with Gasteiger partial charge in [-0.2, -0.15) is 0 Å². The number of imidazole rings is 1. The molecule has 2 aliphatic rings. The predicted octanol–water partition coefficient (Wildman–Crippen LogP) is 4.26. The summed E-state index contributed by atoms with van der Waals surface area (Å²) < 4.78 is 21.0. The van der Waals surface area contributed by atoms with E-state index in [9.17, 15) is 14.0 Å². The van der Waals surface area contributed by atoms with Crippen molar-refractivity contribution in [2.75, 3.05) is 42.5 Å². The highest BCUT2D eigenvalue weighted by Gasteiger charge is 2.36. The van der Waals surface area contributed by atoms with Crippen LogP contribution in [0.2, 0.25) is 0 Å². The fourth-order valence-corrected chi connectivity index (χ4v) is 5.96. The van der Waals surface area contributed by atoms with Gasteiger partial charge >= 0.3 is 5.97 Å². The third-order valence-electron chi connectivity index (χ3n) is 7.93. The van der Waals surface area contributed by atoms with E-state index in [1.54, 1.807) is 37.1 Å². The molecule has 218 valence electrons. The summed E-state index contributed by atoms with van der Waals surface area (Å²) in [6, 6.07) is 16.6. The topological polar surface area (TPSA) is 96.2 Å². The summed E-state index contributed by atoms with van der Waals surface area (Å²) in [7, 11) is 0. The number of rotatable bonds is 6. The second kappa shape index (κ2) is 11.0. The molecule has 0 radical (unpaired) electrons. The van der Waals surface area contributed by atoms with Gasteiger partial charge in [-0.25, -0.2) is 18.9 Å². The molecule has 5 heterocycles. The number of halogens is 1. The number of aromatic nitrogens is 4. The number of amides is 1. The Morgan fingerprint density at radius 1 is 0.976 bits per heavy atom. The molecule has 2 saturated heterocycles. The summed E-state index contributed by atoms with van der Waals surface area (Å²) in [5.74, 6) is 0.695. The number of anilines is 2. The van der Waals surface area contributed by atoms with Gasteiger partial charge in [-0.1, -0.05) is 18.2 Å². The van der Waals surface area contributed by atoms with Crippen molar-refractivity contribution >= 4 is 29.2 Å². The number of carbonyl (C=O) groups is 2. The number of nitrogens with zero attached hydrogens (tertiary/aromatic N) is 7. The van der Waals surface area contributed by atoms with E-state index in [0.29, 0.717) is 31.8 Å². The Bertz CT molecular complexity index is 1630. The number of hydrogen-bond acceptors (Lipinski definition) is 8. The molecule has 1 unspecified atom stereocenters. The van der Waals surface area contributed by atoms with E-state index in [-0.39, 0.29) is 17.8 Å². The van der Waals surface area contributed by atoms with Gasteiger partial charge < -0.3 is 19.4 Å². The molecular weight excluding hydrogens is 537 g/mol. The molecule has 10 nitrogen and oxygen atoms in total. The first-order chi connectivity index (χ1) is 20.2. The molecule has 1 aromatic carbocycles. The van der Waals surface area contributed by atoms with E-state index >= 15 is 0 Å². The molecule has 0 bridgehead atoms. The molecule has 1 atom stereocenters. The van der Waals surface area contributed by atoms with Crippen molar-refractivity contribution in [3.8, 4) is 11.4 Å². The van der Waals surface area contributed by atoms with Crippen LogP contribution in [0.15, 0.2) is 60.8 Å². The lowest BCUT2D eigenvalue weighted by atomic mass is 10.0. The van der Waals surface area contributed by atoms with E-state index in [2.05, 4.69) is 14.8 Å². The van der Waals surface area contributed by atoms with Crippen molar-refractivity contribution in [3.63, 3.8) is 0 Å². The van der Waals surface area contributed by atoms with Crippen molar-refractivity contribution in [1.29, 1.82) is 0 Å². The fraction of sp³-hybridized carbons (Fsp3) is 0.387. The summed E-state index contributed by atoms with van der Waals surface area (Å²) in [5.41, 5.74) is 1.97. The third kappa shape index (κ3) is 5.38. The number of pyridine rings is 1. The highest BCUT2D eigenvalue weighted by atomic mass is 19.1. The molecular formula is C31H34FN7O3. The Morgan fingerprint density at radius 3 is 2.52 bits per heavy atom. The maximum absolute atomic E-state index is 14.0. The van der Waals surface area contributed by atoms with Gasteiger partial charge in [0.05, 0.1) is 17.9 Å². The highest BCUT2D eigenvalue weighted by Crippen LogP contribution is 2.36. The maximum atomic E-state index is 14.0. The van der Waals surface area contributed by atoms with Crippen molar-refractivity contribution in [1.82, 2.24) is 24.5 Å². The lowest BCUT2D eigenvalue weighted by Crippen LogP contribution is -2.55. The average molecular weight is 572 g/mol. The molecule has 42 heavy (non-hydrogen) atoms. The zero-order valence-corrected chi connectivity index (χ0v) is 24.0. The summed E-state index contributed by atoms with van der Waals surface area (Å²) in [6.45, 7) is 7.58. The SMILES string of the molecule is CC(=O)OC(C)(C)C(=O)N1CCN(c2cccc(-c3cnc4ccc(N5CCCC5c5cccc(F)c5)nn34)n2)CC1. The van der Waals surface area contributed by atoms with Crippen molar-refractivity contribution in [2.45, 2.75) is 45.3 Å². The zero-order chi connectivity index (χ0) is 29.4. The molecule has 4 aromatic rings. The standard InChI is InChI=1S/C31H34FN7O3/c1-21(40)42-31(2,3)30(41)37-17-15-36(16-18-37)28-11-5-9-24(34-28)26-20-33-27-12-13-29(35-39(26)27)38-14-6-10-25(38)22-7-4-8-23(32)19-22/h4-5,7-9,11-13,19-20,25H,6,10,14-18H2,1-3H3. The summed E-state index contributed by atoms with van der Waals surface area (Å²) in [6.07, 6.45) is 3.71. The van der Waals surface area contributed by atoms with Crippen LogP contribution in [0.25, 0.3) is 17.0 Å². The predicted molar refractivity (Wildman–Crippen MR) is 157 cm³/mol. The van der Waals surface area contributed by atoms with Crippen molar-refractivity contribution in [2.24, 2.45) is 0 Å². The van der Waals surface area contributed by atoms with Crippen LogP contribution in [0.4, 0.5) is 16.0 Å². The lowest BCUT2D eigenvalue weighted by Gasteiger charge is -2.38. The number of piperazine rings is 1. The van der Waals surface area contributed by atoms with Gasteiger partial charge in [0.25, 0.3) is 5.91 Å².